The largest absolute Gasteiger partial charge is 0.497 e. The first-order valence-corrected chi connectivity index (χ1v) is 12.4. The quantitative estimate of drug-likeness (QED) is 0.412. The Morgan fingerprint density at radius 2 is 1.81 bits per heavy atom. The lowest BCUT2D eigenvalue weighted by atomic mass is 10.1. The zero-order valence-electron chi connectivity index (χ0n) is 20.1. The minimum atomic E-state index is -0.883. The Bertz CT molecular complexity index is 1180. The summed E-state index contributed by atoms with van der Waals surface area (Å²) in [5.41, 5.74) is 2.73. The number of rotatable bonds is 10. The van der Waals surface area contributed by atoms with Crippen LogP contribution in [0.1, 0.15) is 23.1 Å². The average molecular weight is 514 g/mol. The number of carbonyl (C=O) groups excluding carboxylic acids is 1. The molecule has 1 fully saturated rings. The Hall–Kier alpha value is -3.00. The van der Waals surface area contributed by atoms with Crippen LogP contribution in [0, 0.1) is 11.6 Å². The zero-order chi connectivity index (χ0) is 25.5. The molecule has 1 aliphatic heterocycles. The molecule has 0 aliphatic carbocycles. The number of likely N-dealkylation sites (tertiary alicyclic amines) is 1. The Balaban J connectivity index is 1.38. The van der Waals surface area contributed by atoms with Crippen molar-refractivity contribution in [3.05, 3.63) is 100 Å². The average Bonchev–Trinajstić information content (AvgIpc) is 3.29. The molecule has 0 spiro atoms. The molecule has 0 saturated carbocycles. The van der Waals surface area contributed by atoms with Crippen LogP contribution in [0.3, 0.4) is 0 Å². The molecule has 1 aliphatic rings. The summed E-state index contributed by atoms with van der Waals surface area (Å²) < 4.78 is 31.9. The molecule has 2 N–H and O–H groups in total. The molecule has 190 valence electrons. The zero-order valence-corrected chi connectivity index (χ0v) is 20.9. The van der Waals surface area contributed by atoms with Crippen LogP contribution < -0.4 is 15.4 Å². The maximum absolute atomic E-state index is 13.5. The lowest BCUT2D eigenvalue weighted by Crippen LogP contribution is -2.43. The van der Waals surface area contributed by atoms with E-state index in [2.05, 4.69) is 15.5 Å². The molecule has 3 aromatic rings. The molecule has 3 aromatic carbocycles. The lowest BCUT2D eigenvalue weighted by molar-refractivity contribution is -0.125. The highest BCUT2D eigenvalue weighted by Crippen LogP contribution is 2.25. The summed E-state index contributed by atoms with van der Waals surface area (Å²) in [6, 6.07) is 19.1. The van der Waals surface area contributed by atoms with Crippen LogP contribution in [0.2, 0.25) is 5.02 Å². The van der Waals surface area contributed by atoms with Crippen molar-refractivity contribution in [1.29, 1.82) is 0 Å². The van der Waals surface area contributed by atoms with Crippen molar-refractivity contribution < 1.29 is 18.3 Å². The third-order valence-electron chi connectivity index (χ3n) is 6.49. The van der Waals surface area contributed by atoms with Gasteiger partial charge in [-0.2, -0.15) is 0 Å². The van der Waals surface area contributed by atoms with Crippen molar-refractivity contribution >= 4 is 17.5 Å². The molecular formula is C28H30ClF2N3O2. The van der Waals surface area contributed by atoms with Crippen LogP contribution >= 0.6 is 11.6 Å². The Kier molecular flexibility index (Phi) is 8.91. The van der Waals surface area contributed by atoms with E-state index >= 15 is 0 Å². The fourth-order valence-corrected chi connectivity index (χ4v) is 4.69. The number of carbonyl (C=O) groups is 1. The van der Waals surface area contributed by atoms with Crippen molar-refractivity contribution in [3.63, 3.8) is 0 Å². The van der Waals surface area contributed by atoms with E-state index in [0.29, 0.717) is 49.6 Å². The van der Waals surface area contributed by atoms with Crippen molar-refractivity contribution in [2.24, 2.45) is 0 Å². The van der Waals surface area contributed by atoms with Gasteiger partial charge in [0.2, 0.25) is 5.91 Å². The summed E-state index contributed by atoms with van der Waals surface area (Å²) in [6.45, 7) is 2.27. The number of benzene rings is 3. The smallest absolute Gasteiger partial charge is 0.237 e. The molecule has 5 nitrogen and oxygen atoms in total. The van der Waals surface area contributed by atoms with Gasteiger partial charge in [0.1, 0.15) is 5.75 Å². The Labute approximate surface area is 215 Å². The third kappa shape index (κ3) is 6.81. The van der Waals surface area contributed by atoms with E-state index in [0.717, 1.165) is 22.9 Å². The van der Waals surface area contributed by atoms with Crippen molar-refractivity contribution in [1.82, 2.24) is 15.5 Å². The molecule has 36 heavy (non-hydrogen) atoms. The van der Waals surface area contributed by atoms with Crippen molar-refractivity contribution in [2.75, 3.05) is 20.2 Å². The van der Waals surface area contributed by atoms with Gasteiger partial charge in [-0.05, 0) is 59.9 Å². The minimum absolute atomic E-state index is 0.0848. The van der Waals surface area contributed by atoms with E-state index in [1.165, 1.54) is 12.1 Å². The number of halogens is 3. The van der Waals surface area contributed by atoms with Gasteiger partial charge < -0.3 is 15.4 Å². The summed E-state index contributed by atoms with van der Waals surface area (Å²) in [7, 11) is 1.64. The molecule has 0 unspecified atom stereocenters. The molecule has 1 saturated heterocycles. The Morgan fingerprint density at radius 3 is 2.53 bits per heavy atom. The molecule has 1 heterocycles. The van der Waals surface area contributed by atoms with Gasteiger partial charge in [0.25, 0.3) is 0 Å². The third-order valence-corrected chi connectivity index (χ3v) is 6.86. The van der Waals surface area contributed by atoms with Gasteiger partial charge in [0, 0.05) is 37.2 Å². The highest BCUT2D eigenvalue weighted by Gasteiger charge is 2.36. The second-order valence-electron chi connectivity index (χ2n) is 8.99. The van der Waals surface area contributed by atoms with Crippen LogP contribution in [0.4, 0.5) is 8.78 Å². The number of amides is 1. The first-order valence-electron chi connectivity index (χ1n) is 12.0. The summed E-state index contributed by atoms with van der Waals surface area (Å²) in [5, 5.41) is 7.22. The standard InChI is InChI=1S/C28H30ClF2N3O2/c1-36-23-9-6-20(7-10-23)16-33-22-15-27(34(18-22)17-21-4-2-3-5-24(21)29)28(35)32-13-12-19-8-11-25(30)26(31)14-19/h2-11,14,22,27,33H,12-13,15-18H2,1H3,(H,32,35)/t22-,27-/m0/s1. The SMILES string of the molecule is COc1ccc(CN[C@H]2C[C@@H](C(=O)NCCc3ccc(F)c(F)c3)N(Cc3ccccc3Cl)C2)cc1. The van der Waals surface area contributed by atoms with Crippen molar-refractivity contribution in [2.45, 2.75) is 38.0 Å². The van der Waals surface area contributed by atoms with Gasteiger partial charge in [-0.15, -0.1) is 0 Å². The predicted octanol–water partition coefficient (Wildman–Crippen LogP) is 4.72. The van der Waals surface area contributed by atoms with Crippen LogP contribution in [0.25, 0.3) is 0 Å². The number of hydrogen-bond acceptors (Lipinski definition) is 4. The molecule has 0 radical (unpaired) electrons. The second-order valence-corrected chi connectivity index (χ2v) is 9.39. The monoisotopic (exact) mass is 513 g/mol. The highest BCUT2D eigenvalue weighted by molar-refractivity contribution is 6.31. The van der Waals surface area contributed by atoms with Crippen LogP contribution in [-0.2, 0) is 24.3 Å². The van der Waals surface area contributed by atoms with Crippen LogP contribution in [-0.4, -0.2) is 43.1 Å². The second kappa shape index (κ2) is 12.3. The number of nitrogens with zero attached hydrogens (tertiary/aromatic N) is 1. The lowest BCUT2D eigenvalue weighted by Gasteiger charge is -2.24. The van der Waals surface area contributed by atoms with E-state index in [1.54, 1.807) is 7.11 Å². The molecular weight excluding hydrogens is 484 g/mol. The fourth-order valence-electron chi connectivity index (χ4n) is 4.49. The van der Waals surface area contributed by atoms with Gasteiger partial charge in [-0.3, -0.25) is 9.69 Å². The van der Waals surface area contributed by atoms with Crippen LogP contribution in [0.5, 0.6) is 5.75 Å². The molecule has 2 atom stereocenters. The van der Waals surface area contributed by atoms with Crippen molar-refractivity contribution in [3.8, 4) is 5.75 Å². The van der Waals surface area contributed by atoms with E-state index in [9.17, 15) is 13.6 Å². The van der Waals surface area contributed by atoms with Gasteiger partial charge in [0.15, 0.2) is 11.6 Å². The maximum atomic E-state index is 13.5. The van der Waals surface area contributed by atoms with E-state index in [4.69, 9.17) is 16.3 Å². The predicted molar refractivity (Wildman–Crippen MR) is 137 cm³/mol. The van der Waals surface area contributed by atoms with Gasteiger partial charge in [-0.25, -0.2) is 8.78 Å². The first-order chi connectivity index (χ1) is 17.4. The molecule has 8 heteroatoms. The number of ether oxygens (including phenoxy) is 1. The van der Waals surface area contributed by atoms with Gasteiger partial charge >= 0.3 is 0 Å². The summed E-state index contributed by atoms with van der Waals surface area (Å²) in [4.78, 5) is 15.3. The number of nitrogens with one attached hydrogen (secondary N) is 2. The molecule has 4 rings (SSSR count). The fraction of sp³-hybridized carbons (Fsp3) is 0.321. The minimum Gasteiger partial charge on any atom is -0.497 e. The Morgan fingerprint density at radius 1 is 1.06 bits per heavy atom. The summed E-state index contributed by atoms with van der Waals surface area (Å²) >= 11 is 6.40. The van der Waals surface area contributed by atoms with Crippen LogP contribution in [0.15, 0.2) is 66.7 Å². The van der Waals surface area contributed by atoms with E-state index in [1.807, 2.05) is 48.5 Å². The van der Waals surface area contributed by atoms with Gasteiger partial charge in [-0.1, -0.05) is 48.0 Å². The van der Waals surface area contributed by atoms with E-state index < -0.39 is 11.6 Å². The molecule has 1 amide bonds. The van der Waals surface area contributed by atoms with E-state index in [-0.39, 0.29) is 18.0 Å². The first kappa shape index (κ1) is 26.1. The van der Waals surface area contributed by atoms with Gasteiger partial charge in [0.05, 0.1) is 13.2 Å². The number of hydrogen-bond donors (Lipinski definition) is 2. The molecule has 0 bridgehead atoms. The normalized spacial score (nSPS) is 17.8. The summed E-state index contributed by atoms with van der Waals surface area (Å²) in [6.07, 6.45) is 1.07. The molecule has 0 aromatic heterocycles. The highest BCUT2D eigenvalue weighted by atomic mass is 35.5. The summed E-state index contributed by atoms with van der Waals surface area (Å²) in [5.74, 6) is -1.03. The number of methoxy groups -OCH3 is 1. The maximum Gasteiger partial charge on any atom is 0.237 e. The topological polar surface area (TPSA) is 53.6 Å².